The maximum atomic E-state index is 11.9. The van der Waals surface area contributed by atoms with Crippen LogP contribution >= 0.6 is 0 Å². The van der Waals surface area contributed by atoms with E-state index in [0.717, 1.165) is 16.6 Å². The Bertz CT molecular complexity index is 1320. The SMILES string of the molecule is NC(=O)c1cnn2c3c(c(-c4cn([C@H]5C[C@H](O)C5)c5ncccc45)nc12)OCCN3. The monoisotopic (exact) mass is 405 g/mol. The molecule has 5 heterocycles. The molecule has 0 unspecified atom stereocenters. The van der Waals surface area contributed by atoms with Gasteiger partial charge in [0.05, 0.1) is 18.8 Å². The molecule has 1 fully saturated rings. The molecule has 152 valence electrons. The van der Waals surface area contributed by atoms with E-state index in [1.807, 2.05) is 18.3 Å². The molecule has 0 atom stereocenters. The van der Waals surface area contributed by atoms with Gasteiger partial charge in [-0.3, -0.25) is 4.79 Å². The molecule has 1 aliphatic heterocycles. The summed E-state index contributed by atoms with van der Waals surface area (Å²) in [6.45, 7) is 1.10. The zero-order chi connectivity index (χ0) is 20.4. The zero-order valence-electron chi connectivity index (χ0n) is 15.9. The number of nitrogens with two attached hydrogens (primary N) is 1. The Balaban J connectivity index is 1.64. The number of ether oxygens (including phenoxy) is 1. The molecule has 2 aliphatic rings. The number of hydrogen-bond acceptors (Lipinski definition) is 7. The van der Waals surface area contributed by atoms with Crippen LogP contribution in [-0.4, -0.2) is 54.4 Å². The number of nitrogens with zero attached hydrogens (tertiary/aromatic N) is 5. The van der Waals surface area contributed by atoms with Gasteiger partial charge >= 0.3 is 0 Å². The number of anilines is 1. The summed E-state index contributed by atoms with van der Waals surface area (Å²) in [7, 11) is 0. The average Bonchev–Trinajstić information content (AvgIpc) is 3.33. The Labute approximate surface area is 170 Å². The van der Waals surface area contributed by atoms with Crippen molar-refractivity contribution in [3.63, 3.8) is 0 Å². The number of primary amides is 1. The van der Waals surface area contributed by atoms with Crippen molar-refractivity contribution in [1.82, 2.24) is 24.1 Å². The predicted molar refractivity (Wildman–Crippen MR) is 108 cm³/mol. The van der Waals surface area contributed by atoms with Gasteiger partial charge in [0.1, 0.15) is 23.5 Å². The number of fused-ring (bicyclic) bond motifs is 4. The van der Waals surface area contributed by atoms with Crippen molar-refractivity contribution in [1.29, 1.82) is 0 Å². The highest BCUT2D eigenvalue weighted by atomic mass is 16.5. The molecule has 10 heteroatoms. The molecule has 0 aromatic carbocycles. The second-order valence-electron chi connectivity index (χ2n) is 7.67. The number of aliphatic hydroxyl groups is 1. The summed E-state index contributed by atoms with van der Waals surface area (Å²) in [6, 6.07) is 4.05. The van der Waals surface area contributed by atoms with Crippen LogP contribution in [0.2, 0.25) is 0 Å². The van der Waals surface area contributed by atoms with E-state index in [-0.39, 0.29) is 17.7 Å². The lowest BCUT2D eigenvalue weighted by Crippen LogP contribution is -2.30. The molecule has 6 rings (SSSR count). The van der Waals surface area contributed by atoms with Crippen LogP contribution in [0.4, 0.5) is 5.82 Å². The van der Waals surface area contributed by atoms with Crippen molar-refractivity contribution in [2.45, 2.75) is 25.0 Å². The van der Waals surface area contributed by atoms with Crippen molar-refractivity contribution in [2.24, 2.45) is 5.73 Å². The summed E-state index contributed by atoms with van der Waals surface area (Å²) in [4.78, 5) is 21.3. The van der Waals surface area contributed by atoms with Crippen LogP contribution in [0.25, 0.3) is 27.9 Å². The molecule has 1 aliphatic carbocycles. The highest BCUT2D eigenvalue weighted by Gasteiger charge is 2.32. The zero-order valence-corrected chi connectivity index (χ0v) is 15.9. The molecule has 0 saturated heterocycles. The molecule has 1 amide bonds. The van der Waals surface area contributed by atoms with Gasteiger partial charge in [-0.1, -0.05) is 0 Å². The van der Waals surface area contributed by atoms with Gasteiger partial charge in [-0.15, -0.1) is 0 Å². The summed E-state index contributed by atoms with van der Waals surface area (Å²) in [5.41, 5.74) is 8.43. The van der Waals surface area contributed by atoms with E-state index in [1.165, 1.54) is 6.20 Å². The number of pyridine rings is 1. The molecule has 30 heavy (non-hydrogen) atoms. The Hall–Kier alpha value is -3.66. The van der Waals surface area contributed by atoms with Crippen LogP contribution in [0.5, 0.6) is 5.75 Å². The fraction of sp³-hybridized carbons (Fsp3) is 0.300. The predicted octanol–water partition coefficient (Wildman–Crippen LogP) is 1.34. The molecular weight excluding hydrogens is 386 g/mol. The first-order chi connectivity index (χ1) is 14.6. The fourth-order valence-electron chi connectivity index (χ4n) is 4.28. The van der Waals surface area contributed by atoms with Gasteiger partial charge in [0, 0.05) is 29.4 Å². The number of hydrogen-bond donors (Lipinski definition) is 3. The lowest BCUT2D eigenvalue weighted by molar-refractivity contribution is 0.0501. The lowest BCUT2D eigenvalue weighted by atomic mass is 9.89. The third-order valence-electron chi connectivity index (χ3n) is 5.84. The topological polar surface area (TPSA) is 133 Å². The summed E-state index contributed by atoms with van der Waals surface area (Å²) >= 11 is 0. The molecular formula is C20H19N7O3. The Kier molecular flexibility index (Phi) is 3.54. The third kappa shape index (κ3) is 2.34. The number of aromatic nitrogens is 5. The first kappa shape index (κ1) is 17.2. The van der Waals surface area contributed by atoms with E-state index in [1.54, 1.807) is 10.7 Å². The van der Waals surface area contributed by atoms with Crippen molar-refractivity contribution >= 4 is 28.4 Å². The minimum Gasteiger partial charge on any atom is -0.486 e. The first-order valence-electron chi connectivity index (χ1n) is 9.84. The number of nitrogens with one attached hydrogen (secondary N) is 1. The first-order valence-corrected chi connectivity index (χ1v) is 9.84. The van der Waals surface area contributed by atoms with Crippen molar-refractivity contribution in [3.05, 3.63) is 36.3 Å². The van der Waals surface area contributed by atoms with Crippen LogP contribution in [0.3, 0.4) is 0 Å². The molecule has 0 radical (unpaired) electrons. The van der Waals surface area contributed by atoms with Crippen LogP contribution in [-0.2, 0) is 0 Å². The molecule has 4 N–H and O–H groups in total. The molecule has 0 spiro atoms. The van der Waals surface area contributed by atoms with Gasteiger partial charge in [-0.25, -0.2) is 9.97 Å². The van der Waals surface area contributed by atoms with Crippen LogP contribution < -0.4 is 15.8 Å². The Morgan fingerprint density at radius 2 is 2.20 bits per heavy atom. The number of amides is 1. The molecule has 4 aromatic heterocycles. The van der Waals surface area contributed by atoms with Crippen LogP contribution in [0, 0.1) is 0 Å². The van der Waals surface area contributed by atoms with E-state index in [0.29, 0.717) is 48.9 Å². The van der Waals surface area contributed by atoms with Crippen molar-refractivity contribution in [2.75, 3.05) is 18.5 Å². The largest absolute Gasteiger partial charge is 0.486 e. The normalized spacial score (nSPS) is 20.4. The number of carbonyl (C=O) groups is 1. The number of aliphatic hydroxyl groups excluding tert-OH is 1. The van der Waals surface area contributed by atoms with Gasteiger partial charge in [-0.05, 0) is 25.0 Å². The van der Waals surface area contributed by atoms with Gasteiger partial charge in [0.2, 0.25) is 0 Å². The standard InChI is InChI=1S/C20H19N7O3/c21-17(29)13-8-24-27-19(13)25-15(16-20(27)23-4-5-30-16)14-9-26(10-6-11(28)7-10)18-12(14)2-1-3-22-18/h1-3,8-11,23,28H,4-7H2,(H2,21,29)/t10-,11-. The smallest absolute Gasteiger partial charge is 0.254 e. The minimum absolute atomic E-state index is 0.181. The fourth-order valence-corrected chi connectivity index (χ4v) is 4.28. The Morgan fingerprint density at radius 1 is 1.33 bits per heavy atom. The number of rotatable bonds is 3. The molecule has 4 aromatic rings. The average molecular weight is 405 g/mol. The molecule has 10 nitrogen and oxygen atoms in total. The highest BCUT2D eigenvalue weighted by Crippen LogP contribution is 2.43. The molecule has 0 bridgehead atoms. The second-order valence-corrected chi connectivity index (χ2v) is 7.67. The number of carbonyl (C=O) groups excluding carboxylic acids is 1. The van der Waals surface area contributed by atoms with E-state index in [9.17, 15) is 9.90 Å². The Morgan fingerprint density at radius 3 is 3.00 bits per heavy atom. The summed E-state index contributed by atoms with van der Waals surface area (Å²) in [5.74, 6) is 0.620. The van der Waals surface area contributed by atoms with E-state index >= 15 is 0 Å². The quantitative estimate of drug-likeness (QED) is 0.468. The molecule has 1 saturated carbocycles. The maximum absolute atomic E-state index is 11.9. The van der Waals surface area contributed by atoms with Crippen LogP contribution in [0.15, 0.2) is 30.7 Å². The maximum Gasteiger partial charge on any atom is 0.254 e. The van der Waals surface area contributed by atoms with Crippen molar-refractivity contribution in [3.8, 4) is 17.0 Å². The van der Waals surface area contributed by atoms with E-state index in [2.05, 4.69) is 20.0 Å². The van der Waals surface area contributed by atoms with Gasteiger partial charge in [0.25, 0.3) is 5.91 Å². The lowest BCUT2D eigenvalue weighted by Gasteiger charge is -2.32. The van der Waals surface area contributed by atoms with E-state index in [4.69, 9.17) is 15.5 Å². The summed E-state index contributed by atoms with van der Waals surface area (Å²) < 4.78 is 9.64. The van der Waals surface area contributed by atoms with Gasteiger partial charge in [0.15, 0.2) is 17.2 Å². The third-order valence-corrected chi connectivity index (χ3v) is 5.84. The highest BCUT2D eigenvalue weighted by molar-refractivity contribution is 6.01. The van der Waals surface area contributed by atoms with Crippen LogP contribution in [0.1, 0.15) is 29.2 Å². The summed E-state index contributed by atoms with van der Waals surface area (Å²) in [6.07, 6.45) is 6.29. The second kappa shape index (κ2) is 6.17. The summed E-state index contributed by atoms with van der Waals surface area (Å²) in [5, 5.41) is 18.3. The van der Waals surface area contributed by atoms with Gasteiger partial charge < -0.3 is 25.5 Å². The van der Waals surface area contributed by atoms with Gasteiger partial charge in [-0.2, -0.15) is 9.61 Å². The van der Waals surface area contributed by atoms with Crippen molar-refractivity contribution < 1.29 is 14.6 Å². The van der Waals surface area contributed by atoms with E-state index < -0.39 is 5.91 Å². The minimum atomic E-state index is -0.590.